The number of hydrogen-bond acceptors (Lipinski definition) is 3. The second-order valence-corrected chi connectivity index (χ2v) is 4.23. The van der Waals surface area contributed by atoms with Crippen molar-refractivity contribution in [1.29, 1.82) is 0 Å². The highest BCUT2D eigenvalue weighted by molar-refractivity contribution is 9.10. The quantitative estimate of drug-likeness (QED) is 0.904. The van der Waals surface area contributed by atoms with Crippen molar-refractivity contribution in [2.75, 3.05) is 6.54 Å². The first-order valence-corrected chi connectivity index (χ1v) is 5.96. The number of rotatable bonds is 4. The van der Waals surface area contributed by atoms with Gasteiger partial charge >= 0.3 is 0 Å². The zero-order chi connectivity index (χ0) is 11.4. The lowest BCUT2D eigenvalue weighted by Gasteiger charge is -1.99. The highest BCUT2D eigenvalue weighted by Gasteiger charge is 2.07. The molecule has 0 spiro atoms. The lowest BCUT2D eigenvalue weighted by atomic mass is 10.3. The van der Waals surface area contributed by atoms with E-state index < -0.39 is 0 Å². The second kappa shape index (κ2) is 5.23. The summed E-state index contributed by atoms with van der Waals surface area (Å²) in [6.45, 7) is 3.82. The molecule has 0 bridgehead atoms. The van der Waals surface area contributed by atoms with E-state index in [4.69, 9.17) is 0 Å². The number of hydrogen-bond donors (Lipinski definition) is 2. The van der Waals surface area contributed by atoms with Crippen molar-refractivity contribution < 1.29 is 0 Å². The number of imidazole rings is 1. The zero-order valence-electron chi connectivity index (χ0n) is 9.00. The van der Waals surface area contributed by atoms with E-state index in [1.165, 1.54) is 0 Å². The average Bonchev–Trinajstić information content (AvgIpc) is 2.75. The van der Waals surface area contributed by atoms with Gasteiger partial charge in [0.1, 0.15) is 5.69 Å². The Hall–Kier alpha value is -1.20. The molecule has 0 aromatic carbocycles. The van der Waals surface area contributed by atoms with E-state index >= 15 is 0 Å². The molecule has 0 radical (unpaired) electrons. The summed E-state index contributed by atoms with van der Waals surface area (Å²) in [5.74, 6) is 0.792. The summed E-state index contributed by atoms with van der Waals surface area (Å²) in [6, 6.07) is 3.84. The summed E-state index contributed by atoms with van der Waals surface area (Å²) in [4.78, 5) is 11.8. The highest BCUT2D eigenvalue weighted by atomic mass is 79.9. The minimum atomic E-state index is 0.792. The molecule has 0 atom stereocenters. The first-order chi connectivity index (χ1) is 7.81. The Balaban J connectivity index is 2.22. The van der Waals surface area contributed by atoms with Crippen LogP contribution in [0, 0.1) is 0 Å². The van der Waals surface area contributed by atoms with Crippen molar-refractivity contribution in [3.05, 3.63) is 34.7 Å². The summed E-state index contributed by atoms with van der Waals surface area (Å²) in [5, 5.41) is 3.24. The van der Waals surface area contributed by atoms with Crippen LogP contribution in [0.3, 0.4) is 0 Å². The van der Waals surface area contributed by atoms with Gasteiger partial charge in [-0.2, -0.15) is 0 Å². The van der Waals surface area contributed by atoms with Crippen molar-refractivity contribution in [3.63, 3.8) is 0 Å². The molecule has 2 N–H and O–H groups in total. The molecule has 5 heteroatoms. The van der Waals surface area contributed by atoms with Crippen molar-refractivity contribution in [3.8, 4) is 11.5 Å². The molecule has 0 aliphatic carbocycles. The molecule has 0 saturated heterocycles. The van der Waals surface area contributed by atoms with Crippen LogP contribution < -0.4 is 5.32 Å². The van der Waals surface area contributed by atoms with Crippen molar-refractivity contribution >= 4 is 15.9 Å². The number of nitrogens with zero attached hydrogens (tertiary/aromatic N) is 2. The van der Waals surface area contributed by atoms with Gasteiger partial charge < -0.3 is 10.3 Å². The molecule has 2 aromatic rings. The van der Waals surface area contributed by atoms with Crippen LogP contribution in [-0.2, 0) is 6.54 Å². The van der Waals surface area contributed by atoms with Gasteiger partial charge in [-0.25, -0.2) is 4.98 Å². The van der Waals surface area contributed by atoms with E-state index in [1.807, 2.05) is 18.3 Å². The Morgan fingerprint density at radius 2 is 2.31 bits per heavy atom. The summed E-state index contributed by atoms with van der Waals surface area (Å²) in [6.07, 6.45) is 3.59. The normalized spacial score (nSPS) is 10.6. The Morgan fingerprint density at radius 3 is 3.06 bits per heavy atom. The first-order valence-electron chi connectivity index (χ1n) is 5.16. The van der Waals surface area contributed by atoms with Crippen molar-refractivity contribution in [2.45, 2.75) is 13.5 Å². The molecular weight excluding hydrogens is 268 g/mol. The number of halogens is 1. The van der Waals surface area contributed by atoms with E-state index in [0.29, 0.717) is 0 Å². The third kappa shape index (κ3) is 2.48. The molecule has 2 rings (SSSR count). The fourth-order valence-electron chi connectivity index (χ4n) is 1.39. The van der Waals surface area contributed by atoms with Gasteiger partial charge in [-0.3, -0.25) is 4.98 Å². The molecule has 0 amide bonds. The van der Waals surface area contributed by atoms with Gasteiger partial charge in [0.2, 0.25) is 0 Å². The topological polar surface area (TPSA) is 53.6 Å². The first kappa shape index (κ1) is 11.3. The summed E-state index contributed by atoms with van der Waals surface area (Å²) in [5.41, 5.74) is 1.90. The highest BCUT2D eigenvalue weighted by Crippen LogP contribution is 2.22. The molecule has 0 fully saturated rings. The summed E-state index contributed by atoms with van der Waals surface area (Å²) >= 11 is 3.46. The van der Waals surface area contributed by atoms with Crippen LogP contribution in [0.1, 0.15) is 12.6 Å². The molecule has 0 saturated carbocycles. The molecule has 0 unspecified atom stereocenters. The minimum absolute atomic E-state index is 0.792. The smallest absolute Gasteiger partial charge is 0.157 e. The van der Waals surface area contributed by atoms with E-state index in [9.17, 15) is 0 Å². The Labute approximate surface area is 103 Å². The van der Waals surface area contributed by atoms with E-state index in [0.717, 1.165) is 34.8 Å². The van der Waals surface area contributed by atoms with Crippen LogP contribution in [0.5, 0.6) is 0 Å². The van der Waals surface area contributed by atoms with E-state index in [2.05, 4.69) is 43.1 Å². The predicted molar refractivity (Wildman–Crippen MR) is 66.9 cm³/mol. The van der Waals surface area contributed by atoms with Crippen molar-refractivity contribution in [1.82, 2.24) is 20.3 Å². The van der Waals surface area contributed by atoms with Gasteiger partial charge in [0, 0.05) is 22.9 Å². The van der Waals surface area contributed by atoms with Gasteiger partial charge in [-0.15, -0.1) is 0 Å². The number of pyridine rings is 1. The van der Waals surface area contributed by atoms with Crippen LogP contribution in [0.25, 0.3) is 11.5 Å². The molecule has 2 heterocycles. The number of H-pyrrole nitrogens is 1. The second-order valence-electron chi connectivity index (χ2n) is 3.37. The number of aromatic nitrogens is 3. The van der Waals surface area contributed by atoms with Gasteiger partial charge in [0.15, 0.2) is 5.82 Å². The third-order valence-electron chi connectivity index (χ3n) is 2.18. The maximum Gasteiger partial charge on any atom is 0.157 e. The monoisotopic (exact) mass is 280 g/mol. The van der Waals surface area contributed by atoms with Crippen LogP contribution in [-0.4, -0.2) is 21.5 Å². The van der Waals surface area contributed by atoms with Gasteiger partial charge in [-0.1, -0.05) is 6.92 Å². The van der Waals surface area contributed by atoms with Crippen LogP contribution >= 0.6 is 15.9 Å². The van der Waals surface area contributed by atoms with Crippen LogP contribution in [0.15, 0.2) is 29.0 Å². The van der Waals surface area contributed by atoms with Gasteiger partial charge in [-0.05, 0) is 34.6 Å². The largest absolute Gasteiger partial charge is 0.339 e. The molecule has 2 aromatic heterocycles. The number of nitrogens with one attached hydrogen (secondary N) is 2. The lowest BCUT2D eigenvalue weighted by Crippen LogP contribution is -2.11. The zero-order valence-corrected chi connectivity index (χ0v) is 10.6. The molecule has 0 aliphatic heterocycles. The minimum Gasteiger partial charge on any atom is -0.339 e. The van der Waals surface area contributed by atoms with Crippen molar-refractivity contribution in [2.24, 2.45) is 0 Å². The molecule has 16 heavy (non-hydrogen) atoms. The van der Waals surface area contributed by atoms with Crippen LogP contribution in [0.4, 0.5) is 0 Å². The van der Waals surface area contributed by atoms with E-state index in [-0.39, 0.29) is 0 Å². The predicted octanol–water partition coefficient (Wildman–Crippen LogP) is 2.34. The fraction of sp³-hybridized carbons (Fsp3) is 0.273. The molecular formula is C11H13BrN4. The Bertz CT molecular complexity index is 467. The molecule has 84 valence electrons. The van der Waals surface area contributed by atoms with Gasteiger partial charge in [0.05, 0.1) is 6.20 Å². The average molecular weight is 281 g/mol. The Morgan fingerprint density at radius 1 is 1.44 bits per heavy atom. The number of aromatic amines is 1. The van der Waals surface area contributed by atoms with Crippen LogP contribution in [0.2, 0.25) is 0 Å². The molecule has 4 nitrogen and oxygen atoms in total. The lowest BCUT2D eigenvalue weighted by molar-refractivity contribution is 0.714. The van der Waals surface area contributed by atoms with E-state index in [1.54, 1.807) is 6.20 Å². The fourth-order valence-corrected chi connectivity index (χ4v) is 1.83. The Kier molecular flexibility index (Phi) is 3.69. The maximum absolute atomic E-state index is 4.31. The molecule has 0 aliphatic rings. The third-order valence-corrected chi connectivity index (χ3v) is 2.82. The SMILES string of the molecule is CCNCc1cnc(-c2ncccc2Br)[nH]1. The summed E-state index contributed by atoms with van der Waals surface area (Å²) in [7, 11) is 0. The van der Waals surface area contributed by atoms with Gasteiger partial charge in [0.25, 0.3) is 0 Å². The maximum atomic E-state index is 4.31. The summed E-state index contributed by atoms with van der Waals surface area (Å²) < 4.78 is 0.944. The standard InChI is InChI=1S/C11H13BrN4/c1-2-13-6-8-7-15-11(16-8)10-9(12)4-3-5-14-10/h3-5,7,13H,2,6H2,1H3,(H,15,16).